The van der Waals surface area contributed by atoms with Crippen LogP contribution in [0.3, 0.4) is 0 Å². The Kier molecular flexibility index (Phi) is 3.52. The summed E-state index contributed by atoms with van der Waals surface area (Å²) in [5.74, 6) is -12.8. The molecule has 0 aliphatic carbocycles. The second-order valence-corrected chi connectivity index (χ2v) is 6.16. The van der Waals surface area contributed by atoms with Crippen molar-refractivity contribution in [1.82, 2.24) is 0 Å². The van der Waals surface area contributed by atoms with Gasteiger partial charge in [-0.05, 0) is 24.3 Å². The molecule has 0 aromatic heterocycles. The van der Waals surface area contributed by atoms with Gasteiger partial charge in [0.15, 0.2) is 0 Å². The third-order valence-electron chi connectivity index (χ3n) is 4.52. The summed E-state index contributed by atoms with van der Waals surface area (Å²) in [5.41, 5.74) is -3.29. The third kappa shape index (κ3) is 2.29. The van der Waals surface area contributed by atoms with E-state index in [4.69, 9.17) is 4.74 Å². The molecule has 0 N–H and O–H groups in total. The number of carbonyl (C=O) groups excluding carboxylic acids is 3. The van der Waals surface area contributed by atoms with Gasteiger partial charge in [0.05, 0.1) is 16.7 Å². The second kappa shape index (κ2) is 5.51. The molecule has 0 bridgehead atoms. The van der Waals surface area contributed by atoms with Crippen molar-refractivity contribution in [1.29, 1.82) is 0 Å². The van der Waals surface area contributed by atoms with Gasteiger partial charge in [0.25, 0.3) is 0 Å². The first-order valence-corrected chi connectivity index (χ1v) is 7.76. The molecular formula is C19H8F4O5. The first-order valence-electron chi connectivity index (χ1n) is 7.76. The molecule has 2 aliphatic rings. The summed E-state index contributed by atoms with van der Waals surface area (Å²) in [5, 5.41) is 0. The highest BCUT2D eigenvalue weighted by atomic mass is 19.3. The number of cyclic esters (lactones) is 3. The molecule has 2 aromatic rings. The van der Waals surface area contributed by atoms with E-state index < -0.39 is 46.4 Å². The topological polar surface area (TPSA) is 69.7 Å². The molecule has 0 saturated carbocycles. The van der Waals surface area contributed by atoms with E-state index >= 15 is 0 Å². The highest BCUT2D eigenvalue weighted by Gasteiger charge is 2.59. The SMILES string of the molecule is C=C1OC(=O)c2cc(C(F)(F)C(F)(F)c3ccc4c(c3)C(=O)OC4=O)ccc21. The van der Waals surface area contributed by atoms with E-state index in [-0.39, 0.29) is 22.4 Å². The Balaban J connectivity index is 1.79. The molecule has 0 spiro atoms. The van der Waals surface area contributed by atoms with Gasteiger partial charge in [-0.1, -0.05) is 18.7 Å². The summed E-state index contributed by atoms with van der Waals surface area (Å²) in [6.45, 7) is 3.43. The molecule has 4 rings (SSSR count). The van der Waals surface area contributed by atoms with Crippen LogP contribution in [0.25, 0.3) is 5.76 Å². The number of fused-ring (bicyclic) bond motifs is 2. The van der Waals surface area contributed by atoms with Crippen LogP contribution in [0.2, 0.25) is 0 Å². The molecule has 2 heterocycles. The van der Waals surface area contributed by atoms with Crippen molar-refractivity contribution in [3.63, 3.8) is 0 Å². The number of hydrogen-bond acceptors (Lipinski definition) is 5. The van der Waals surface area contributed by atoms with Crippen molar-refractivity contribution in [2.45, 2.75) is 11.8 Å². The molecule has 28 heavy (non-hydrogen) atoms. The van der Waals surface area contributed by atoms with Crippen molar-refractivity contribution in [3.8, 4) is 0 Å². The van der Waals surface area contributed by atoms with Crippen molar-refractivity contribution in [3.05, 3.63) is 76.4 Å². The van der Waals surface area contributed by atoms with Crippen LogP contribution < -0.4 is 0 Å². The molecule has 5 nitrogen and oxygen atoms in total. The first-order chi connectivity index (χ1) is 13.0. The molecular weight excluding hydrogens is 384 g/mol. The number of carbonyl (C=O) groups is 3. The van der Waals surface area contributed by atoms with Crippen molar-refractivity contribution < 1.29 is 41.4 Å². The van der Waals surface area contributed by atoms with Crippen LogP contribution >= 0.6 is 0 Å². The van der Waals surface area contributed by atoms with Gasteiger partial charge in [-0.15, -0.1) is 0 Å². The predicted molar refractivity (Wildman–Crippen MR) is 84.9 cm³/mol. The smallest absolute Gasteiger partial charge is 0.346 e. The third-order valence-corrected chi connectivity index (χ3v) is 4.52. The summed E-state index contributed by atoms with van der Waals surface area (Å²) >= 11 is 0. The molecule has 0 amide bonds. The van der Waals surface area contributed by atoms with Crippen molar-refractivity contribution >= 4 is 23.7 Å². The average molecular weight is 392 g/mol. The fourth-order valence-electron chi connectivity index (χ4n) is 3.02. The van der Waals surface area contributed by atoms with Gasteiger partial charge in [0.1, 0.15) is 5.76 Å². The van der Waals surface area contributed by atoms with Crippen molar-refractivity contribution in [2.24, 2.45) is 0 Å². The van der Waals surface area contributed by atoms with Gasteiger partial charge in [-0.3, -0.25) is 0 Å². The number of rotatable bonds is 3. The Morgan fingerprint density at radius 2 is 1.07 bits per heavy atom. The quantitative estimate of drug-likeness (QED) is 0.448. The van der Waals surface area contributed by atoms with Gasteiger partial charge < -0.3 is 9.47 Å². The zero-order valence-electron chi connectivity index (χ0n) is 13.7. The minimum Gasteiger partial charge on any atom is -0.423 e. The van der Waals surface area contributed by atoms with Gasteiger partial charge in [-0.2, -0.15) is 17.6 Å². The van der Waals surface area contributed by atoms with Crippen LogP contribution in [-0.2, 0) is 21.3 Å². The Morgan fingerprint density at radius 3 is 1.64 bits per heavy atom. The van der Waals surface area contributed by atoms with E-state index in [9.17, 15) is 31.9 Å². The largest absolute Gasteiger partial charge is 0.423 e. The minimum atomic E-state index is -4.76. The van der Waals surface area contributed by atoms with E-state index in [1.807, 2.05) is 0 Å². The van der Waals surface area contributed by atoms with E-state index in [1.54, 1.807) is 0 Å². The summed E-state index contributed by atoms with van der Waals surface area (Å²) < 4.78 is 67.9. The van der Waals surface area contributed by atoms with Crippen LogP contribution in [0.1, 0.15) is 47.8 Å². The fourth-order valence-corrected chi connectivity index (χ4v) is 3.02. The fraction of sp³-hybridized carbons (Fsp3) is 0.105. The lowest BCUT2D eigenvalue weighted by molar-refractivity contribution is -0.223. The monoisotopic (exact) mass is 392 g/mol. The number of hydrogen-bond donors (Lipinski definition) is 0. The standard InChI is InChI=1S/C19H8F4O5/c1-8-11-4-2-9(6-13(11)16(25)27-8)18(20,21)19(22,23)10-3-5-12-14(7-10)17(26)28-15(12)24/h2-7H,1H2. The van der Waals surface area contributed by atoms with Crippen LogP contribution in [0.15, 0.2) is 43.0 Å². The van der Waals surface area contributed by atoms with Crippen LogP contribution in [0, 0.1) is 0 Å². The van der Waals surface area contributed by atoms with Gasteiger partial charge in [0, 0.05) is 16.7 Å². The highest BCUT2D eigenvalue weighted by Crippen LogP contribution is 2.50. The number of halogens is 4. The molecule has 0 fully saturated rings. The van der Waals surface area contributed by atoms with E-state index in [1.165, 1.54) is 0 Å². The maximum atomic E-state index is 14.7. The zero-order chi connectivity index (χ0) is 20.4. The summed E-state index contributed by atoms with van der Waals surface area (Å²) in [7, 11) is 0. The normalized spacial score (nSPS) is 16.0. The lowest BCUT2D eigenvalue weighted by Crippen LogP contribution is -2.36. The molecule has 2 aromatic carbocycles. The maximum absolute atomic E-state index is 14.7. The van der Waals surface area contributed by atoms with E-state index in [2.05, 4.69) is 11.3 Å². The van der Waals surface area contributed by atoms with E-state index in [0.717, 1.165) is 18.2 Å². The van der Waals surface area contributed by atoms with Crippen LogP contribution in [0.4, 0.5) is 17.6 Å². The Hall–Kier alpha value is -3.49. The number of benzene rings is 2. The lowest BCUT2D eigenvalue weighted by Gasteiger charge is -2.27. The second-order valence-electron chi connectivity index (χ2n) is 6.16. The van der Waals surface area contributed by atoms with Gasteiger partial charge in [0.2, 0.25) is 0 Å². The summed E-state index contributed by atoms with van der Waals surface area (Å²) in [4.78, 5) is 34.6. The summed E-state index contributed by atoms with van der Waals surface area (Å²) in [6.07, 6.45) is 0. The molecule has 0 saturated heterocycles. The molecule has 0 unspecified atom stereocenters. The zero-order valence-corrected chi connectivity index (χ0v) is 13.7. The molecule has 0 atom stereocenters. The molecule has 9 heteroatoms. The number of ether oxygens (including phenoxy) is 2. The van der Waals surface area contributed by atoms with Gasteiger partial charge >= 0.3 is 29.8 Å². The molecule has 142 valence electrons. The Labute approximate surface area is 154 Å². The number of alkyl halides is 4. The molecule has 0 radical (unpaired) electrons. The first kappa shape index (κ1) is 17.9. The highest BCUT2D eigenvalue weighted by molar-refractivity contribution is 6.14. The number of esters is 3. The van der Waals surface area contributed by atoms with Crippen molar-refractivity contribution in [2.75, 3.05) is 0 Å². The predicted octanol–water partition coefficient (Wildman–Crippen LogP) is 4.02. The van der Waals surface area contributed by atoms with E-state index in [0.29, 0.717) is 18.2 Å². The van der Waals surface area contributed by atoms with Gasteiger partial charge in [-0.25, -0.2) is 14.4 Å². The maximum Gasteiger partial charge on any atom is 0.346 e. The van der Waals surface area contributed by atoms with Crippen LogP contribution in [0.5, 0.6) is 0 Å². The minimum absolute atomic E-state index is 0.0663. The Morgan fingerprint density at radius 1 is 0.643 bits per heavy atom. The Bertz CT molecular complexity index is 1020. The average Bonchev–Trinajstić information content (AvgIpc) is 3.10. The summed E-state index contributed by atoms with van der Waals surface area (Å²) in [6, 6.07) is 4.35. The van der Waals surface area contributed by atoms with Crippen LogP contribution in [-0.4, -0.2) is 17.9 Å². The lowest BCUT2D eigenvalue weighted by atomic mass is 9.92. The molecule has 2 aliphatic heterocycles.